The van der Waals surface area contributed by atoms with E-state index in [0.29, 0.717) is 17.5 Å². The molecule has 60 heavy (non-hydrogen) atoms. The van der Waals surface area contributed by atoms with Crippen molar-refractivity contribution in [2.45, 2.75) is 0 Å². The fourth-order valence-corrected chi connectivity index (χ4v) is 7.28. The van der Waals surface area contributed by atoms with Crippen LogP contribution >= 0.6 is 0 Å². The molecule has 0 aliphatic rings. The highest BCUT2D eigenvalue weighted by Crippen LogP contribution is 2.32. The normalized spacial score (nSPS) is 11.0. The Hall–Kier alpha value is -8.22. The minimum atomic E-state index is 0.624. The number of hydrogen-bond acceptors (Lipinski definition) is 6. The van der Waals surface area contributed by atoms with Crippen LogP contribution < -0.4 is 0 Å². The fourth-order valence-electron chi connectivity index (χ4n) is 7.28. The standard InChI is InChI=1S/C54H36N6/c1-4-12-37(13-5-1)39-23-27-44(28-24-39)53-58-52(43-16-8-3-9-17-43)59-54(60-53)45-29-25-41(26-30-45)40-19-21-42(22-20-40)46-31-32-49(56-36-46)51-35-47(38-14-6-2-7-15-38)34-50(57-51)48-18-10-11-33-55-48/h1-36H. The van der Waals surface area contributed by atoms with Crippen LogP contribution in [0, 0.1) is 0 Å². The van der Waals surface area contributed by atoms with Gasteiger partial charge in [-0.2, -0.15) is 0 Å². The van der Waals surface area contributed by atoms with Crippen LogP contribution in [-0.2, 0) is 0 Å². The van der Waals surface area contributed by atoms with Crippen molar-refractivity contribution in [1.82, 2.24) is 29.9 Å². The molecule has 0 N–H and O–H groups in total. The molecule has 0 amide bonds. The van der Waals surface area contributed by atoms with E-state index in [9.17, 15) is 0 Å². The molecule has 0 radical (unpaired) electrons. The summed E-state index contributed by atoms with van der Waals surface area (Å²) in [6, 6.07) is 70.3. The molecule has 0 saturated carbocycles. The summed E-state index contributed by atoms with van der Waals surface area (Å²) in [6.45, 7) is 0. The SMILES string of the molecule is c1ccc(-c2ccc(-c3nc(-c4ccccc4)nc(-c4ccc(-c5ccc(-c6ccc(-c7cc(-c8ccccc8)cc(-c8ccccn8)n7)nc6)cc5)cc4)n3)cc2)cc1. The molecule has 4 heterocycles. The predicted molar refractivity (Wildman–Crippen MR) is 242 cm³/mol. The molecule has 0 bridgehead atoms. The van der Waals surface area contributed by atoms with Crippen LogP contribution in [0.5, 0.6) is 0 Å². The van der Waals surface area contributed by atoms with Gasteiger partial charge in [-0.15, -0.1) is 0 Å². The summed E-state index contributed by atoms with van der Waals surface area (Å²) in [5, 5.41) is 0. The third-order valence-corrected chi connectivity index (χ3v) is 10.5. The van der Waals surface area contributed by atoms with E-state index >= 15 is 0 Å². The molecule has 0 spiro atoms. The average Bonchev–Trinajstić information content (AvgIpc) is 3.35. The lowest BCUT2D eigenvalue weighted by atomic mass is 9.99. The highest BCUT2D eigenvalue weighted by Gasteiger charge is 2.14. The summed E-state index contributed by atoms with van der Waals surface area (Å²) in [5.74, 6) is 1.89. The molecule has 6 aromatic carbocycles. The maximum Gasteiger partial charge on any atom is 0.164 e. The zero-order valence-corrected chi connectivity index (χ0v) is 32.5. The summed E-state index contributed by atoms with van der Waals surface area (Å²) in [4.78, 5) is 29.3. The Labute approximate surface area is 348 Å². The fraction of sp³-hybridized carbons (Fsp3) is 0. The third-order valence-electron chi connectivity index (χ3n) is 10.5. The lowest BCUT2D eigenvalue weighted by Crippen LogP contribution is -2.00. The summed E-state index contributed by atoms with van der Waals surface area (Å²) < 4.78 is 0. The topological polar surface area (TPSA) is 77.3 Å². The van der Waals surface area contributed by atoms with Gasteiger partial charge in [-0.3, -0.25) is 9.97 Å². The Morgan fingerprint density at radius 3 is 1.00 bits per heavy atom. The number of benzene rings is 6. The summed E-state index contributed by atoms with van der Waals surface area (Å²) in [6.07, 6.45) is 3.71. The van der Waals surface area contributed by atoms with Crippen molar-refractivity contribution in [3.05, 3.63) is 219 Å². The molecule has 0 fully saturated rings. The van der Waals surface area contributed by atoms with Crippen LogP contribution in [0.1, 0.15) is 0 Å². The second-order valence-corrected chi connectivity index (χ2v) is 14.4. The Morgan fingerprint density at radius 1 is 0.217 bits per heavy atom. The van der Waals surface area contributed by atoms with E-state index in [0.717, 1.165) is 78.4 Å². The number of rotatable bonds is 9. The zero-order chi connectivity index (χ0) is 40.1. The van der Waals surface area contributed by atoms with Gasteiger partial charge in [-0.05, 0) is 69.3 Å². The second-order valence-electron chi connectivity index (χ2n) is 14.4. The largest absolute Gasteiger partial charge is 0.255 e. The molecule has 6 nitrogen and oxygen atoms in total. The van der Waals surface area contributed by atoms with Crippen LogP contribution in [0.4, 0.5) is 0 Å². The van der Waals surface area contributed by atoms with Gasteiger partial charge in [0.05, 0.1) is 22.8 Å². The molecule has 282 valence electrons. The van der Waals surface area contributed by atoms with E-state index in [1.165, 1.54) is 5.56 Å². The molecule has 0 aliphatic carbocycles. The van der Waals surface area contributed by atoms with Crippen molar-refractivity contribution in [3.8, 4) is 101 Å². The van der Waals surface area contributed by atoms with Crippen LogP contribution in [0.25, 0.3) is 101 Å². The Bertz CT molecular complexity index is 2950. The molecule has 10 aromatic rings. The number of hydrogen-bond donors (Lipinski definition) is 0. The quantitative estimate of drug-likeness (QED) is 0.145. The third kappa shape index (κ3) is 7.73. The van der Waals surface area contributed by atoms with Gasteiger partial charge < -0.3 is 0 Å². The molecule has 0 atom stereocenters. The number of aromatic nitrogens is 6. The highest BCUT2D eigenvalue weighted by atomic mass is 15.0. The van der Waals surface area contributed by atoms with E-state index < -0.39 is 0 Å². The van der Waals surface area contributed by atoms with Gasteiger partial charge >= 0.3 is 0 Å². The highest BCUT2D eigenvalue weighted by molar-refractivity contribution is 5.77. The monoisotopic (exact) mass is 768 g/mol. The lowest BCUT2D eigenvalue weighted by Gasteiger charge is -2.10. The van der Waals surface area contributed by atoms with E-state index in [1.807, 2.05) is 85.1 Å². The van der Waals surface area contributed by atoms with Crippen LogP contribution in [0.15, 0.2) is 219 Å². The molecule has 0 saturated heterocycles. The van der Waals surface area contributed by atoms with Gasteiger partial charge in [-0.1, -0.05) is 176 Å². The maximum absolute atomic E-state index is 4.99. The maximum atomic E-state index is 4.99. The van der Waals surface area contributed by atoms with Crippen molar-refractivity contribution in [2.24, 2.45) is 0 Å². The average molecular weight is 769 g/mol. The summed E-state index contributed by atoms with van der Waals surface area (Å²) >= 11 is 0. The van der Waals surface area contributed by atoms with E-state index in [2.05, 4.69) is 132 Å². The predicted octanol–water partition coefficient (Wildman–Crippen LogP) is 13.1. The first-order valence-corrected chi connectivity index (χ1v) is 19.8. The van der Waals surface area contributed by atoms with E-state index in [4.69, 9.17) is 24.9 Å². The van der Waals surface area contributed by atoms with Crippen molar-refractivity contribution in [3.63, 3.8) is 0 Å². The van der Waals surface area contributed by atoms with Crippen molar-refractivity contribution >= 4 is 0 Å². The first-order valence-electron chi connectivity index (χ1n) is 19.8. The van der Waals surface area contributed by atoms with E-state index in [1.54, 1.807) is 6.20 Å². The number of pyridine rings is 3. The molecule has 6 heteroatoms. The Kier molecular flexibility index (Phi) is 9.84. The molecular weight excluding hydrogens is 733 g/mol. The van der Waals surface area contributed by atoms with Gasteiger partial charge in [0.15, 0.2) is 17.5 Å². The zero-order valence-electron chi connectivity index (χ0n) is 32.5. The van der Waals surface area contributed by atoms with Gasteiger partial charge in [0.2, 0.25) is 0 Å². The Balaban J connectivity index is 0.900. The second kappa shape index (κ2) is 16.3. The van der Waals surface area contributed by atoms with Gasteiger partial charge in [-0.25, -0.2) is 19.9 Å². The first kappa shape index (κ1) is 36.1. The summed E-state index contributed by atoms with van der Waals surface area (Å²) in [7, 11) is 0. The summed E-state index contributed by atoms with van der Waals surface area (Å²) in [5.41, 5.74) is 14.8. The van der Waals surface area contributed by atoms with Crippen molar-refractivity contribution in [1.29, 1.82) is 0 Å². The van der Waals surface area contributed by atoms with Gasteiger partial charge in [0.1, 0.15) is 0 Å². The minimum Gasteiger partial charge on any atom is -0.255 e. The minimum absolute atomic E-state index is 0.624. The Morgan fingerprint density at radius 2 is 0.567 bits per heavy atom. The smallest absolute Gasteiger partial charge is 0.164 e. The molecule has 4 aromatic heterocycles. The molecular formula is C54H36N6. The van der Waals surface area contributed by atoms with Crippen molar-refractivity contribution in [2.75, 3.05) is 0 Å². The molecule has 0 unspecified atom stereocenters. The van der Waals surface area contributed by atoms with Gasteiger partial charge in [0, 0.05) is 34.6 Å². The lowest BCUT2D eigenvalue weighted by molar-refractivity contribution is 1.07. The number of nitrogens with zero attached hydrogens (tertiary/aromatic N) is 6. The van der Waals surface area contributed by atoms with Crippen LogP contribution in [0.3, 0.4) is 0 Å². The van der Waals surface area contributed by atoms with Crippen LogP contribution in [-0.4, -0.2) is 29.9 Å². The molecule has 10 rings (SSSR count). The van der Waals surface area contributed by atoms with Crippen molar-refractivity contribution < 1.29 is 0 Å². The molecule has 0 aliphatic heterocycles. The van der Waals surface area contributed by atoms with Gasteiger partial charge in [0.25, 0.3) is 0 Å². The first-order chi connectivity index (χ1) is 29.7. The van der Waals surface area contributed by atoms with E-state index in [-0.39, 0.29) is 0 Å². The van der Waals surface area contributed by atoms with Crippen LogP contribution in [0.2, 0.25) is 0 Å².